The van der Waals surface area contributed by atoms with Gasteiger partial charge in [-0.15, -0.1) is 0 Å². The van der Waals surface area contributed by atoms with Crippen molar-refractivity contribution in [2.75, 3.05) is 14.1 Å². The molecule has 0 aromatic heterocycles. The summed E-state index contributed by atoms with van der Waals surface area (Å²) in [5.74, 6) is 0. The van der Waals surface area contributed by atoms with Gasteiger partial charge in [-0.2, -0.15) is 0 Å². The first-order valence-corrected chi connectivity index (χ1v) is 14.9. The molecule has 0 aliphatic rings. The summed E-state index contributed by atoms with van der Waals surface area (Å²) in [5, 5.41) is 24.4. The van der Waals surface area contributed by atoms with Crippen LogP contribution in [0.15, 0.2) is 54.6 Å². The lowest BCUT2D eigenvalue weighted by Gasteiger charge is -2.25. The Bertz CT molecular complexity index is 1300. The molecule has 5 unspecified atom stereocenters. The highest BCUT2D eigenvalue weighted by Gasteiger charge is 2.17. The fraction of sp³-hybridized carbons (Fsp3) is 0.238. The largest absolute Gasteiger partial charge is 0.760 e. The van der Waals surface area contributed by atoms with Crippen molar-refractivity contribution in [2.24, 2.45) is 20.6 Å². The summed E-state index contributed by atoms with van der Waals surface area (Å²) in [5.41, 5.74) is 1.44. The molecule has 214 valence electrons. The maximum atomic E-state index is 8.78. The van der Waals surface area contributed by atoms with E-state index in [1.807, 2.05) is 0 Å². The predicted molar refractivity (Wildman–Crippen MR) is 149 cm³/mol. The zero-order chi connectivity index (χ0) is 29.6. The molecule has 4 aromatic rings. The van der Waals surface area contributed by atoms with Crippen molar-refractivity contribution in [2.45, 2.75) is 19.4 Å². The number of nitrogens with zero attached hydrogens (tertiary/aromatic N) is 1. The average molecular weight is 608 g/mol. The highest BCUT2D eigenvalue weighted by molar-refractivity contribution is 7.77. The van der Waals surface area contributed by atoms with Crippen molar-refractivity contribution >= 4 is 77.4 Å². The van der Waals surface area contributed by atoms with E-state index >= 15 is 0 Å². The first-order chi connectivity index (χ1) is 17.6. The minimum absolute atomic E-state index is 0.463. The lowest BCUT2D eigenvalue weighted by Crippen LogP contribution is -2.19. The maximum Gasteiger partial charge on any atom is 0.0345 e. The third kappa shape index (κ3) is 13.3. The van der Waals surface area contributed by atoms with Gasteiger partial charge in [-0.05, 0) is 58.4 Å². The average Bonchev–Trinajstić information content (AvgIpc) is 2.77. The Hall–Kier alpha value is -1.84. The van der Waals surface area contributed by atoms with E-state index in [2.05, 4.69) is 101 Å². The molecule has 0 fully saturated rings. The van der Waals surface area contributed by atoms with Crippen LogP contribution in [0.2, 0.25) is 0 Å². The van der Waals surface area contributed by atoms with Crippen molar-refractivity contribution in [1.82, 2.24) is 4.90 Å². The minimum Gasteiger partial charge on any atom is -0.760 e. The monoisotopic (exact) mass is 607 g/mol. The van der Waals surface area contributed by atoms with Gasteiger partial charge in [0.05, 0.1) is 0 Å². The van der Waals surface area contributed by atoms with E-state index in [4.69, 9.17) is 35.0 Å². The molecule has 0 spiro atoms. The Morgan fingerprint density at radius 1 is 0.658 bits per heavy atom. The lowest BCUT2D eigenvalue weighted by molar-refractivity contribution is 0.294. The number of benzene rings is 4. The van der Waals surface area contributed by atoms with E-state index in [0.29, 0.717) is 6.04 Å². The molecule has 0 bridgehead atoms. The summed E-state index contributed by atoms with van der Waals surface area (Å²) < 4.78 is 70.2. The SMILES string of the molecule is CCC(c1ccc2ccc3cccc4ccc1c2c34)N(C)C.NS(=O)[O-].NS(=O)[O-].NS(=O)[O-].NS(=O)[O-]. The molecule has 0 radical (unpaired) electrons. The van der Waals surface area contributed by atoms with Gasteiger partial charge in [-0.3, -0.25) is 37.4 Å². The Kier molecular flexibility index (Phi) is 17.6. The van der Waals surface area contributed by atoms with Crippen LogP contribution in [0.1, 0.15) is 24.9 Å². The smallest absolute Gasteiger partial charge is 0.0345 e. The molecule has 0 saturated heterocycles. The Morgan fingerprint density at radius 3 is 1.37 bits per heavy atom. The molecular formula is C21H29N5O8S4-4. The van der Waals surface area contributed by atoms with Crippen molar-refractivity contribution in [3.8, 4) is 0 Å². The number of hydrogen-bond donors (Lipinski definition) is 4. The van der Waals surface area contributed by atoms with Gasteiger partial charge in [0, 0.05) is 51.1 Å². The van der Waals surface area contributed by atoms with Crippen LogP contribution in [0.3, 0.4) is 0 Å². The standard InChI is InChI=1S/C21H21N.4H3NO2S/c1-4-19(22(2)3)17-12-10-16-9-8-14-6-5-7-15-11-13-18(17)21(16)20(14)15;4*1-4(2)3/h5-13,19H,4H2,1-3H3;4*1H2,(H,2,3)/p-4. The van der Waals surface area contributed by atoms with Gasteiger partial charge in [0.1, 0.15) is 0 Å². The topological polar surface area (TPSA) is 268 Å². The quantitative estimate of drug-likeness (QED) is 0.187. The van der Waals surface area contributed by atoms with Crippen LogP contribution < -0.4 is 20.6 Å². The van der Waals surface area contributed by atoms with Gasteiger partial charge >= 0.3 is 0 Å². The molecule has 5 atom stereocenters. The van der Waals surface area contributed by atoms with Crippen LogP contribution in [-0.2, 0) is 45.1 Å². The third-order valence-corrected chi connectivity index (χ3v) is 4.93. The van der Waals surface area contributed by atoms with Crippen LogP contribution in [0, 0.1) is 0 Å². The van der Waals surface area contributed by atoms with Gasteiger partial charge < -0.3 is 23.1 Å². The molecule has 13 nitrogen and oxygen atoms in total. The molecule has 0 amide bonds. The van der Waals surface area contributed by atoms with E-state index in [1.165, 1.54) is 37.9 Å². The fourth-order valence-electron chi connectivity index (χ4n) is 3.91. The molecule has 0 aliphatic carbocycles. The highest BCUT2D eigenvalue weighted by atomic mass is 32.2. The summed E-state index contributed by atoms with van der Waals surface area (Å²) in [4.78, 5) is 2.33. The number of hydrogen-bond acceptors (Lipinski definition) is 9. The Morgan fingerprint density at radius 2 is 1.00 bits per heavy atom. The second-order valence-corrected chi connectivity index (χ2v) is 9.52. The van der Waals surface area contributed by atoms with Gasteiger partial charge in [-0.25, -0.2) is 0 Å². The van der Waals surface area contributed by atoms with Crippen LogP contribution in [0.25, 0.3) is 32.3 Å². The van der Waals surface area contributed by atoms with E-state index in [1.54, 1.807) is 0 Å². The molecule has 4 rings (SSSR count). The van der Waals surface area contributed by atoms with Crippen molar-refractivity contribution in [3.63, 3.8) is 0 Å². The normalized spacial score (nSPS) is 14.4. The van der Waals surface area contributed by atoms with Crippen molar-refractivity contribution < 1.29 is 35.0 Å². The molecule has 17 heteroatoms. The molecule has 0 heterocycles. The van der Waals surface area contributed by atoms with Crippen molar-refractivity contribution in [1.29, 1.82) is 0 Å². The van der Waals surface area contributed by atoms with Gasteiger partial charge in [0.2, 0.25) is 0 Å². The van der Waals surface area contributed by atoms with Crippen LogP contribution in [-0.4, -0.2) is 54.0 Å². The molecule has 4 aromatic carbocycles. The zero-order valence-corrected chi connectivity index (χ0v) is 23.9. The first kappa shape index (κ1) is 36.2. The summed E-state index contributed by atoms with van der Waals surface area (Å²) in [7, 11) is 4.35. The first-order valence-electron chi connectivity index (χ1n) is 10.3. The zero-order valence-electron chi connectivity index (χ0n) is 20.6. The van der Waals surface area contributed by atoms with Crippen LogP contribution >= 0.6 is 0 Å². The second kappa shape index (κ2) is 18.4. The van der Waals surface area contributed by atoms with E-state index in [0.717, 1.165) is 6.42 Å². The van der Waals surface area contributed by atoms with E-state index < -0.39 is 45.1 Å². The van der Waals surface area contributed by atoms with E-state index in [9.17, 15) is 0 Å². The molecule has 38 heavy (non-hydrogen) atoms. The number of rotatable bonds is 3. The van der Waals surface area contributed by atoms with Gasteiger partial charge in [0.25, 0.3) is 0 Å². The van der Waals surface area contributed by atoms with Crippen LogP contribution in [0.4, 0.5) is 0 Å². The summed E-state index contributed by atoms with van der Waals surface area (Å²) in [6.07, 6.45) is 1.12. The maximum absolute atomic E-state index is 8.78. The molecule has 8 N–H and O–H groups in total. The Balaban J connectivity index is 0.000000709. The van der Waals surface area contributed by atoms with Gasteiger partial charge in [-0.1, -0.05) is 61.5 Å². The molecule has 0 saturated carbocycles. The van der Waals surface area contributed by atoms with E-state index in [-0.39, 0.29) is 0 Å². The summed E-state index contributed by atoms with van der Waals surface area (Å²) in [6, 6.07) is 20.7. The predicted octanol–water partition coefficient (Wildman–Crippen LogP) is 0.554. The molecule has 0 aliphatic heterocycles. The highest BCUT2D eigenvalue weighted by Crippen LogP contribution is 2.38. The second-order valence-electron chi connectivity index (χ2n) is 7.44. The van der Waals surface area contributed by atoms with Crippen LogP contribution in [0.5, 0.6) is 0 Å². The van der Waals surface area contributed by atoms with Gasteiger partial charge in [0.15, 0.2) is 0 Å². The fourth-order valence-corrected chi connectivity index (χ4v) is 3.91. The lowest BCUT2D eigenvalue weighted by atomic mass is 9.89. The minimum atomic E-state index is -2.36. The number of nitrogens with two attached hydrogens (primary N) is 4. The summed E-state index contributed by atoms with van der Waals surface area (Å²) >= 11 is -9.44. The Labute approximate surface area is 230 Å². The van der Waals surface area contributed by atoms with Crippen molar-refractivity contribution in [3.05, 3.63) is 60.2 Å². The molecular weight excluding hydrogens is 579 g/mol. The third-order valence-electron chi connectivity index (χ3n) is 4.93. The summed E-state index contributed by atoms with van der Waals surface area (Å²) in [6.45, 7) is 2.27.